The summed E-state index contributed by atoms with van der Waals surface area (Å²) in [5, 5.41) is 10.8. The van der Waals surface area contributed by atoms with Crippen LogP contribution >= 0.6 is 0 Å². The molecule has 6 aromatic rings. The summed E-state index contributed by atoms with van der Waals surface area (Å²) in [6.45, 7) is 1.45. The molecule has 15 nitrogen and oxygen atoms in total. The van der Waals surface area contributed by atoms with Crippen molar-refractivity contribution in [3.05, 3.63) is 144 Å². The van der Waals surface area contributed by atoms with Crippen molar-refractivity contribution < 1.29 is 40.5 Å². The number of H-pyrrole nitrogens is 1. The predicted octanol–water partition coefficient (Wildman–Crippen LogP) is 6.81. The Morgan fingerprint density at radius 2 is 1.00 bits per heavy atom. The zero-order valence-electron chi connectivity index (χ0n) is 34.0. The van der Waals surface area contributed by atoms with Gasteiger partial charge in [0.05, 0.1) is 40.8 Å². The van der Waals surface area contributed by atoms with Crippen LogP contribution in [0, 0.1) is 0 Å². The van der Waals surface area contributed by atoms with Gasteiger partial charge < -0.3 is 23.7 Å². The van der Waals surface area contributed by atoms with Crippen molar-refractivity contribution in [1.29, 1.82) is 0 Å². The third kappa shape index (κ3) is 11.1. The smallest absolute Gasteiger partial charge is 0.260 e. The lowest BCUT2D eigenvalue weighted by molar-refractivity contribution is -0.0450. The van der Waals surface area contributed by atoms with Gasteiger partial charge in [0.2, 0.25) is 0 Å². The first-order valence-electron chi connectivity index (χ1n) is 19.2. The first-order chi connectivity index (χ1) is 29.0. The molecule has 4 aromatic carbocycles. The SMILES string of the molecule is COc1ccc(CN(Cc2ccc(OC)cc2)S(=O)(=O)c2ccn[nH]2)cc1.COc1ccc(CN(Cc2ccc(OC)cc2)S(=O)(=O)c2ccnn2C2CCCCO2)cc1. The van der Waals surface area contributed by atoms with Gasteiger partial charge in [-0.05, 0) is 102 Å². The Morgan fingerprint density at radius 1 is 0.583 bits per heavy atom. The molecular formula is C43H50N6O9S2. The molecule has 7 rings (SSSR count). The van der Waals surface area contributed by atoms with Gasteiger partial charge in [0.25, 0.3) is 20.0 Å². The average Bonchev–Trinajstić information content (AvgIpc) is 4.03. The number of nitrogens with one attached hydrogen (secondary N) is 1. The summed E-state index contributed by atoms with van der Waals surface area (Å²) < 4.78 is 84.8. The van der Waals surface area contributed by atoms with Gasteiger partial charge in [-0.1, -0.05) is 48.5 Å². The molecule has 60 heavy (non-hydrogen) atoms. The van der Waals surface area contributed by atoms with Crippen molar-refractivity contribution in [3.8, 4) is 23.0 Å². The van der Waals surface area contributed by atoms with Crippen LogP contribution in [0.2, 0.25) is 0 Å². The van der Waals surface area contributed by atoms with E-state index in [1.807, 2.05) is 97.1 Å². The molecule has 1 fully saturated rings. The minimum Gasteiger partial charge on any atom is -0.497 e. The maximum Gasteiger partial charge on any atom is 0.260 e. The molecule has 0 saturated carbocycles. The molecule has 1 N–H and O–H groups in total. The number of hydrogen-bond donors (Lipinski definition) is 1. The van der Waals surface area contributed by atoms with Gasteiger partial charge in [0, 0.05) is 32.8 Å². The van der Waals surface area contributed by atoms with E-state index >= 15 is 0 Å². The van der Waals surface area contributed by atoms with E-state index in [1.54, 1.807) is 34.5 Å². The van der Waals surface area contributed by atoms with E-state index < -0.39 is 20.0 Å². The number of sulfonamides is 2. The van der Waals surface area contributed by atoms with E-state index in [4.69, 9.17) is 23.7 Å². The van der Waals surface area contributed by atoms with Crippen molar-refractivity contribution >= 4 is 20.0 Å². The van der Waals surface area contributed by atoms with Gasteiger partial charge in [-0.3, -0.25) is 5.10 Å². The highest BCUT2D eigenvalue weighted by Crippen LogP contribution is 2.29. The zero-order chi connectivity index (χ0) is 42.5. The lowest BCUT2D eigenvalue weighted by Crippen LogP contribution is -2.33. The highest BCUT2D eigenvalue weighted by molar-refractivity contribution is 7.89. The fourth-order valence-corrected chi connectivity index (χ4v) is 9.34. The van der Waals surface area contributed by atoms with E-state index in [1.165, 1.54) is 31.8 Å². The van der Waals surface area contributed by atoms with Crippen molar-refractivity contribution in [3.63, 3.8) is 0 Å². The lowest BCUT2D eigenvalue weighted by Gasteiger charge is -2.27. The molecule has 318 valence electrons. The van der Waals surface area contributed by atoms with Gasteiger partial charge in [-0.25, -0.2) is 21.5 Å². The quantitative estimate of drug-likeness (QED) is 0.102. The Balaban J connectivity index is 0.000000205. The topological polar surface area (TPSA) is 167 Å². The molecule has 0 spiro atoms. The Hall–Kier alpha value is -5.72. The van der Waals surface area contributed by atoms with E-state index in [-0.39, 0.29) is 42.5 Å². The summed E-state index contributed by atoms with van der Waals surface area (Å²) in [5.74, 6) is 2.88. The number of aromatic nitrogens is 4. The van der Waals surface area contributed by atoms with Crippen LogP contribution in [0.25, 0.3) is 0 Å². The minimum atomic E-state index is -3.87. The Bertz CT molecular complexity index is 2340. The summed E-state index contributed by atoms with van der Waals surface area (Å²) in [7, 11) is -1.22. The summed E-state index contributed by atoms with van der Waals surface area (Å²) in [6, 6.07) is 32.4. The van der Waals surface area contributed by atoms with Crippen LogP contribution in [0.5, 0.6) is 23.0 Å². The van der Waals surface area contributed by atoms with Gasteiger partial charge in [-0.2, -0.15) is 18.8 Å². The Morgan fingerprint density at radius 3 is 1.35 bits per heavy atom. The number of benzene rings is 4. The van der Waals surface area contributed by atoms with Crippen LogP contribution in [0.1, 0.15) is 47.7 Å². The van der Waals surface area contributed by atoms with Gasteiger partial charge in [0.15, 0.2) is 16.3 Å². The molecule has 0 aliphatic carbocycles. The summed E-state index contributed by atoms with van der Waals surface area (Å²) in [4.78, 5) is 0. The second-order valence-corrected chi connectivity index (χ2v) is 17.6. The normalized spacial score (nSPS) is 14.3. The molecule has 1 saturated heterocycles. The van der Waals surface area contributed by atoms with Crippen LogP contribution in [-0.4, -0.2) is 80.5 Å². The molecule has 17 heteroatoms. The van der Waals surface area contributed by atoms with E-state index in [0.717, 1.165) is 64.5 Å². The van der Waals surface area contributed by atoms with Crippen LogP contribution in [-0.2, 0) is 51.0 Å². The lowest BCUT2D eigenvalue weighted by atomic mass is 10.2. The largest absolute Gasteiger partial charge is 0.497 e. The van der Waals surface area contributed by atoms with Crippen LogP contribution in [0.3, 0.4) is 0 Å². The fraction of sp³-hybridized carbons (Fsp3) is 0.302. The fourth-order valence-electron chi connectivity index (χ4n) is 6.49. The summed E-state index contributed by atoms with van der Waals surface area (Å²) >= 11 is 0. The number of nitrogens with zero attached hydrogens (tertiary/aromatic N) is 5. The minimum absolute atomic E-state index is 0.0597. The van der Waals surface area contributed by atoms with E-state index in [2.05, 4.69) is 15.3 Å². The Labute approximate surface area is 351 Å². The number of hydrogen-bond acceptors (Lipinski definition) is 11. The molecule has 1 aliphatic rings. The van der Waals surface area contributed by atoms with Crippen molar-refractivity contribution in [2.24, 2.45) is 0 Å². The monoisotopic (exact) mass is 858 g/mol. The third-order valence-electron chi connectivity index (χ3n) is 9.83. The van der Waals surface area contributed by atoms with Gasteiger partial charge in [-0.15, -0.1) is 0 Å². The number of rotatable bonds is 17. The highest BCUT2D eigenvalue weighted by atomic mass is 32.2. The molecule has 0 bridgehead atoms. The molecule has 2 aromatic heterocycles. The van der Waals surface area contributed by atoms with Crippen molar-refractivity contribution in [2.75, 3.05) is 35.0 Å². The first kappa shape index (κ1) is 43.8. The van der Waals surface area contributed by atoms with Gasteiger partial charge in [0.1, 0.15) is 23.0 Å². The molecular weight excluding hydrogens is 809 g/mol. The first-order valence-corrected chi connectivity index (χ1v) is 22.1. The third-order valence-corrected chi connectivity index (χ3v) is 13.3. The average molecular weight is 859 g/mol. The number of methoxy groups -OCH3 is 4. The second-order valence-electron chi connectivity index (χ2n) is 13.8. The maximum atomic E-state index is 13.9. The van der Waals surface area contributed by atoms with E-state index in [9.17, 15) is 16.8 Å². The molecule has 1 aliphatic heterocycles. The molecule has 3 heterocycles. The predicted molar refractivity (Wildman–Crippen MR) is 224 cm³/mol. The van der Waals surface area contributed by atoms with Crippen LogP contribution in [0.4, 0.5) is 0 Å². The molecule has 1 atom stereocenters. The van der Waals surface area contributed by atoms with Crippen molar-refractivity contribution in [2.45, 2.75) is 61.7 Å². The molecule has 0 radical (unpaired) electrons. The van der Waals surface area contributed by atoms with Crippen LogP contribution in [0.15, 0.2) is 132 Å². The van der Waals surface area contributed by atoms with E-state index in [0.29, 0.717) is 6.61 Å². The van der Waals surface area contributed by atoms with Crippen LogP contribution < -0.4 is 18.9 Å². The Kier molecular flexibility index (Phi) is 15.0. The zero-order valence-corrected chi connectivity index (χ0v) is 35.6. The molecule has 1 unspecified atom stereocenters. The maximum absolute atomic E-state index is 13.9. The summed E-state index contributed by atoms with van der Waals surface area (Å²) in [5.41, 5.74) is 3.42. The van der Waals surface area contributed by atoms with Gasteiger partial charge >= 0.3 is 0 Å². The highest BCUT2D eigenvalue weighted by Gasteiger charge is 2.32. The second kappa shape index (κ2) is 20.5. The standard InChI is InChI=1S/C24H29N3O5S.C19H21N3O4S/c1-30-21-10-6-19(7-11-21)17-26(18-20-8-12-22(31-2)13-9-20)33(28,29)24-14-15-25-27(24)23-5-3-4-16-32-23;1-25-17-7-3-15(4-8-17)13-22(27(23,24)19-11-12-20-21-19)14-16-5-9-18(26-2)10-6-16/h6-15,23H,3-5,16-18H2,1-2H3;3-12H,13-14H2,1-2H3,(H,20,21). The number of aromatic amines is 1. The van der Waals surface area contributed by atoms with Crippen molar-refractivity contribution in [1.82, 2.24) is 28.6 Å². The molecule has 0 amide bonds. The number of ether oxygens (including phenoxy) is 5. The summed E-state index contributed by atoms with van der Waals surface area (Å²) in [6.07, 6.45) is 5.26.